The first-order chi connectivity index (χ1) is 13.2. The van der Waals surface area contributed by atoms with Crippen LogP contribution in [-0.4, -0.2) is 12.1 Å². The molecule has 144 valence electrons. The van der Waals surface area contributed by atoms with E-state index >= 15 is 0 Å². The molecule has 3 rings (SSSR count). The van der Waals surface area contributed by atoms with Gasteiger partial charge in [0.1, 0.15) is 11.3 Å². The highest BCUT2D eigenvalue weighted by atomic mass is 16.5. The largest absolute Gasteiger partial charge is 0.461 e. The van der Waals surface area contributed by atoms with Crippen LogP contribution in [0.5, 0.6) is 0 Å². The Morgan fingerprint density at radius 3 is 2.61 bits per heavy atom. The summed E-state index contributed by atoms with van der Waals surface area (Å²) in [4.78, 5) is 29.0. The van der Waals surface area contributed by atoms with E-state index in [1.165, 1.54) is 6.07 Å². The van der Waals surface area contributed by atoms with Crippen LogP contribution in [0, 0.1) is 13.5 Å². The SMILES string of the molecule is [C-]#[N+]C1=C(C)NC(C)=C(C(=O)OC(C)C)C1c1cccc2c(=O)cc(C)oc12. The summed E-state index contributed by atoms with van der Waals surface area (Å²) >= 11 is 0. The van der Waals surface area contributed by atoms with Gasteiger partial charge in [-0.25, -0.2) is 9.64 Å². The molecule has 6 heteroatoms. The van der Waals surface area contributed by atoms with Crippen molar-refractivity contribution in [1.82, 2.24) is 5.32 Å². The Labute approximate surface area is 163 Å². The van der Waals surface area contributed by atoms with E-state index in [1.807, 2.05) is 0 Å². The van der Waals surface area contributed by atoms with Gasteiger partial charge in [-0.05, 0) is 46.2 Å². The number of dihydropyridines is 1. The molecule has 1 unspecified atom stereocenters. The monoisotopic (exact) mass is 378 g/mol. The lowest BCUT2D eigenvalue weighted by Crippen LogP contribution is -2.29. The van der Waals surface area contributed by atoms with Crippen molar-refractivity contribution < 1.29 is 13.9 Å². The predicted octanol–water partition coefficient (Wildman–Crippen LogP) is 4.16. The third-order valence-corrected chi connectivity index (χ3v) is 4.63. The van der Waals surface area contributed by atoms with Crippen LogP contribution in [0.15, 0.2) is 56.1 Å². The maximum absolute atomic E-state index is 12.9. The summed E-state index contributed by atoms with van der Waals surface area (Å²) in [6, 6.07) is 6.64. The van der Waals surface area contributed by atoms with E-state index in [9.17, 15) is 9.59 Å². The van der Waals surface area contributed by atoms with Gasteiger partial charge in [0.25, 0.3) is 0 Å². The van der Waals surface area contributed by atoms with E-state index in [4.69, 9.17) is 15.7 Å². The molecule has 2 aromatic rings. The molecule has 0 saturated carbocycles. The fourth-order valence-electron chi connectivity index (χ4n) is 3.53. The van der Waals surface area contributed by atoms with Crippen molar-refractivity contribution in [1.29, 1.82) is 0 Å². The van der Waals surface area contributed by atoms with Gasteiger partial charge < -0.3 is 14.5 Å². The van der Waals surface area contributed by atoms with Crippen LogP contribution in [0.3, 0.4) is 0 Å². The molecule has 0 aliphatic carbocycles. The summed E-state index contributed by atoms with van der Waals surface area (Å²) in [5, 5.41) is 3.52. The van der Waals surface area contributed by atoms with Gasteiger partial charge in [-0.15, -0.1) is 0 Å². The zero-order valence-corrected chi connectivity index (χ0v) is 16.5. The van der Waals surface area contributed by atoms with Crippen molar-refractivity contribution in [3.63, 3.8) is 0 Å². The quantitative estimate of drug-likeness (QED) is 0.641. The molecule has 0 saturated heterocycles. The maximum Gasteiger partial charge on any atom is 0.335 e. The van der Waals surface area contributed by atoms with Crippen LogP contribution in [0.2, 0.25) is 0 Å². The van der Waals surface area contributed by atoms with Crippen LogP contribution in [0.25, 0.3) is 15.8 Å². The average Bonchev–Trinajstić information content (AvgIpc) is 2.59. The minimum atomic E-state index is -0.682. The number of para-hydroxylation sites is 1. The number of nitrogens with zero attached hydrogens (tertiary/aromatic N) is 1. The number of allylic oxidation sites excluding steroid dienone is 3. The molecule has 6 nitrogen and oxygen atoms in total. The minimum absolute atomic E-state index is 0.161. The van der Waals surface area contributed by atoms with Crippen molar-refractivity contribution >= 4 is 16.9 Å². The number of carbonyl (C=O) groups excluding carboxylic acids is 1. The van der Waals surface area contributed by atoms with Gasteiger partial charge >= 0.3 is 5.97 Å². The number of carbonyl (C=O) groups is 1. The lowest BCUT2D eigenvalue weighted by atomic mass is 9.83. The number of benzene rings is 1. The summed E-state index contributed by atoms with van der Waals surface area (Å²) in [6.07, 6.45) is -0.301. The number of rotatable bonds is 3. The second-order valence-electron chi connectivity index (χ2n) is 7.12. The molecule has 0 fully saturated rings. The van der Waals surface area contributed by atoms with Crippen LogP contribution < -0.4 is 10.7 Å². The zero-order valence-electron chi connectivity index (χ0n) is 16.5. The van der Waals surface area contributed by atoms with Gasteiger partial charge in [0.2, 0.25) is 0 Å². The number of ether oxygens (including phenoxy) is 1. The fraction of sp³-hybridized carbons (Fsp3) is 0.318. The number of aryl methyl sites for hydroxylation is 1. The van der Waals surface area contributed by atoms with Gasteiger partial charge in [0, 0.05) is 17.5 Å². The maximum atomic E-state index is 12.9. The molecular weight excluding hydrogens is 356 g/mol. The second kappa shape index (κ2) is 7.35. The van der Waals surface area contributed by atoms with Crippen LogP contribution in [-0.2, 0) is 9.53 Å². The number of fused-ring (bicyclic) bond motifs is 1. The van der Waals surface area contributed by atoms with Gasteiger partial charge in [-0.2, -0.15) is 0 Å². The first-order valence-corrected chi connectivity index (χ1v) is 9.05. The van der Waals surface area contributed by atoms with Crippen LogP contribution in [0.1, 0.15) is 44.9 Å². The standard InChI is InChI=1S/C22H22N2O4/c1-11(2)27-22(26)18-13(4)24-14(5)20(23-6)19(18)16-9-7-8-15-17(25)10-12(3)28-21(15)16/h7-11,19,24H,1-5H3. The number of nitrogens with one attached hydrogen (secondary N) is 1. The topological polar surface area (TPSA) is 72.9 Å². The molecule has 0 bridgehead atoms. The Morgan fingerprint density at radius 1 is 1.25 bits per heavy atom. The summed E-state index contributed by atoms with van der Waals surface area (Å²) in [5.41, 5.74) is 2.82. The smallest absolute Gasteiger partial charge is 0.335 e. The van der Waals surface area contributed by atoms with E-state index in [0.717, 1.165) is 0 Å². The molecule has 1 aromatic heterocycles. The molecule has 0 radical (unpaired) electrons. The third kappa shape index (κ3) is 3.31. The summed E-state index contributed by atoms with van der Waals surface area (Å²) in [5.74, 6) is -0.708. The number of hydrogen-bond donors (Lipinski definition) is 1. The van der Waals surface area contributed by atoms with E-state index in [2.05, 4.69) is 10.2 Å². The summed E-state index contributed by atoms with van der Waals surface area (Å²) < 4.78 is 11.3. The van der Waals surface area contributed by atoms with Crippen molar-refractivity contribution in [3.8, 4) is 0 Å². The minimum Gasteiger partial charge on any atom is -0.461 e. The Hall–Kier alpha value is -3.33. The molecule has 1 N–H and O–H groups in total. The van der Waals surface area contributed by atoms with E-state index in [1.54, 1.807) is 52.8 Å². The Morgan fingerprint density at radius 2 is 1.96 bits per heavy atom. The van der Waals surface area contributed by atoms with Gasteiger partial charge in [0.15, 0.2) is 11.1 Å². The Bertz CT molecular complexity index is 1130. The fourth-order valence-corrected chi connectivity index (χ4v) is 3.53. The highest BCUT2D eigenvalue weighted by molar-refractivity contribution is 5.94. The molecule has 0 amide bonds. The average molecular weight is 378 g/mol. The number of esters is 1. The molecule has 1 aromatic carbocycles. The first-order valence-electron chi connectivity index (χ1n) is 9.05. The molecule has 2 heterocycles. The lowest BCUT2D eigenvalue weighted by Gasteiger charge is -2.29. The highest BCUT2D eigenvalue weighted by Gasteiger charge is 2.36. The molecule has 1 aliphatic heterocycles. The van der Waals surface area contributed by atoms with E-state index in [0.29, 0.717) is 45.0 Å². The van der Waals surface area contributed by atoms with Crippen molar-refractivity contribution in [2.45, 2.75) is 46.6 Å². The second-order valence-corrected chi connectivity index (χ2v) is 7.12. The molecule has 28 heavy (non-hydrogen) atoms. The molecule has 1 aliphatic rings. The normalized spacial score (nSPS) is 17.0. The van der Waals surface area contributed by atoms with Crippen molar-refractivity contribution in [2.75, 3.05) is 0 Å². The van der Waals surface area contributed by atoms with Gasteiger partial charge in [-0.1, -0.05) is 12.1 Å². The van der Waals surface area contributed by atoms with Crippen molar-refractivity contribution in [3.05, 3.63) is 79.9 Å². The molecular formula is C22H22N2O4. The zero-order chi connectivity index (χ0) is 20.6. The van der Waals surface area contributed by atoms with E-state index < -0.39 is 11.9 Å². The van der Waals surface area contributed by atoms with E-state index in [-0.39, 0.29) is 11.5 Å². The van der Waals surface area contributed by atoms with Crippen molar-refractivity contribution in [2.24, 2.45) is 0 Å². The van der Waals surface area contributed by atoms with Crippen LogP contribution >= 0.6 is 0 Å². The Kier molecular flexibility index (Phi) is 5.10. The highest BCUT2D eigenvalue weighted by Crippen LogP contribution is 2.41. The van der Waals surface area contributed by atoms with Gasteiger partial charge in [0.05, 0.1) is 29.6 Å². The lowest BCUT2D eigenvalue weighted by molar-refractivity contribution is -0.143. The van der Waals surface area contributed by atoms with Gasteiger partial charge in [-0.3, -0.25) is 4.79 Å². The first kappa shape index (κ1) is 19.4. The predicted molar refractivity (Wildman–Crippen MR) is 106 cm³/mol. The summed E-state index contributed by atoms with van der Waals surface area (Å²) in [7, 11) is 0. The number of hydrogen-bond acceptors (Lipinski definition) is 5. The molecule has 1 atom stereocenters. The Balaban J connectivity index is 2.33. The molecule has 0 spiro atoms. The van der Waals surface area contributed by atoms with Crippen LogP contribution in [0.4, 0.5) is 0 Å². The third-order valence-electron chi connectivity index (χ3n) is 4.63. The summed E-state index contributed by atoms with van der Waals surface area (Å²) in [6.45, 7) is 16.5.